The molecule has 0 aliphatic carbocycles. The van der Waals surface area contributed by atoms with E-state index in [9.17, 15) is 9.59 Å². The van der Waals surface area contributed by atoms with Gasteiger partial charge in [-0.15, -0.1) is 0 Å². The van der Waals surface area contributed by atoms with E-state index in [1.807, 2.05) is 6.92 Å². The van der Waals surface area contributed by atoms with E-state index in [0.717, 1.165) is 0 Å². The molecule has 0 radical (unpaired) electrons. The standard InChI is InChI=1S/C11H14N2O4/c1-2-3-10(14)16-7-17-11(15)8-4-5-9(12)13-6-8/h4-6H,2-3,7H2,1H3,(H2,12,13). The van der Waals surface area contributed by atoms with Gasteiger partial charge in [-0.3, -0.25) is 4.79 Å². The third-order valence-corrected chi connectivity index (χ3v) is 1.89. The van der Waals surface area contributed by atoms with Crippen LogP contribution in [-0.2, 0) is 14.3 Å². The number of anilines is 1. The largest absolute Gasteiger partial charge is 0.428 e. The predicted molar refractivity (Wildman–Crippen MR) is 59.9 cm³/mol. The van der Waals surface area contributed by atoms with Crippen LogP contribution in [0.15, 0.2) is 18.3 Å². The van der Waals surface area contributed by atoms with Gasteiger partial charge in [0.25, 0.3) is 0 Å². The number of nitrogens with two attached hydrogens (primary N) is 1. The van der Waals surface area contributed by atoms with Crippen molar-refractivity contribution in [2.24, 2.45) is 0 Å². The average Bonchev–Trinajstić information content (AvgIpc) is 2.30. The third-order valence-electron chi connectivity index (χ3n) is 1.89. The van der Waals surface area contributed by atoms with Gasteiger partial charge in [-0.1, -0.05) is 6.92 Å². The van der Waals surface area contributed by atoms with Crippen LogP contribution in [0, 0.1) is 0 Å². The van der Waals surface area contributed by atoms with E-state index in [-0.39, 0.29) is 12.4 Å². The molecule has 0 atom stereocenters. The van der Waals surface area contributed by atoms with Gasteiger partial charge in [-0.2, -0.15) is 0 Å². The molecule has 0 bridgehead atoms. The lowest BCUT2D eigenvalue weighted by molar-refractivity contribution is -0.152. The summed E-state index contributed by atoms with van der Waals surface area (Å²) in [5.74, 6) is -0.687. The Morgan fingerprint density at radius 1 is 1.35 bits per heavy atom. The Hall–Kier alpha value is -2.11. The second-order valence-corrected chi connectivity index (χ2v) is 3.29. The van der Waals surface area contributed by atoms with Crippen molar-refractivity contribution in [3.8, 4) is 0 Å². The first-order chi connectivity index (χ1) is 8.13. The van der Waals surface area contributed by atoms with Crippen molar-refractivity contribution in [1.29, 1.82) is 0 Å². The van der Waals surface area contributed by atoms with Crippen LogP contribution >= 0.6 is 0 Å². The molecular formula is C11H14N2O4. The van der Waals surface area contributed by atoms with Crippen molar-refractivity contribution in [1.82, 2.24) is 4.98 Å². The second-order valence-electron chi connectivity index (χ2n) is 3.29. The highest BCUT2D eigenvalue weighted by Crippen LogP contribution is 2.03. The van der Waals surface area contributed by atoms with Crippen molar-refractivity contribution >= 4 is 17.8 Å². The van der Waals surface area contributed by atoms with Gasteiger partial charge in [-0.05, 0) is 18.6 Å². The predicted octanol–water partition coefficient (Wildman–Crippen LogP) is 1.12. The molecule has 0 aliphatic rings. The Kier molecular flexibility index (Phi) is 4.93. The molecule has 0 unspecified atom stereocenters. The maximum absolute atomic E-state index is 11.4. The van der Waals surface area contributed by atoms with Crippen LogP contribution in [-0.4, -0.2) is 23.7 Å². The van der Waals surface area contributed by atoms with Crippen LogP contribution in [0.2, 0.25) is 0 Å². The van der Waals surface area contributed by atoms with Gasteiger partial charge in [0.15, 0.2) is 0 Å². The summed E-state index contributed by atoms with van der Waals surface area (Å²) in [6.07, 6.45) is 2.29. The van der Waals surface area contributed by atoms with Crippen molar-refractivity contribution < 1.29 is 19.1 Å². The molecule has 2 N–H and O–H groups in total. The molecule has 0 saturated carbocycles. The van der Waals surface area contributed by atoms with Crippen LogP contribution in [0.25, 0.3) is 0 Å². The summed E-state index contributed by atoms with van der Waals surface area (Å²) in [6, 6.07) is 2.97. The lowest BCUT2D eigenvalue weighted by Gasteiger charge is -2.05. The zero-order valence-corrected chi connectivity index (χ0v) is 9.51. The van der Waals surface area contributed by atoms with E-state index in [2.05, 4.69) is 9.72 Å². The number of nitrogen functional groups attached to an aromatic ring is 1. The molecule has 1 rings (SSSR count). The van der Waals surface area contributed by atoms with Gasteiger partial charge in [0, 0.05) is 12.6 Å². The number of ether oxygens (including phenoxy) is 2. The molecule has 0 aliphatic heterocycles. The number of esters is 2. The molecule has 0 spiro atoms. The number of carbonyl (C=O) groups is 2. The first kappa shape index (κ1) is 13.0. The third kappa shape index (κ3) is 4.50. The fourth-order valence-electron chi connectivity index (χ4n) is 1.03. The number of hydrogen-bond donors (Lipinski definition) is 1. The highest BCUT2D eigenvalue weighted by Gasteiger charge is 2.08. The number of pyridine rings is 1. The average molecular weight is 238 g/mol. The summed E-state index contributed by atoms with van der Waals surface area (Å²) >= 11 is 0. The van der Waals surface area contributed by atoms with E-state index in [4.69, 9.17) is 10.5 Å². The minimum absolute atomic E-state index is 0.255. The molecule has 17 heavy (non-hydrogen) atoms. The molecule has 1 aromatic rings. The summed E-state index contributed by atoms with van der Waals surface area (Å²) in [7, 11) is 0. The first-order valence-electron chi connectivity index (χ1n) is 5.17. The minimum atomic E-state index is -0.609. The van der Waals surface area contributed by atoms with Gasteiger partial charge in [0.05, 0.1) is 5.56 Å². The molecule has 1 aromatic heterocycles. The molecule has 92 valence electrons. The SMILES string of the molecule is CCCC(=O)OCOC(=O)c1ccc(N)nc1. The van der Waals surface area contributed by atoms with Crippen LogP contribution in [0.5, 0.6) is 0 Å². The van der Waals surface area contributed by atoms with Crippen LogP contribution in [0.4, 0.5) is 5.82 Å². The molecule has 6 heteroatoms. The topological polar surface area (TPSA) is 91.5 Å². The summed E-state index contributed by atoms with van der Waals surface area (Å²) in [5, 5.41) is 0. The molecule has 0 amide bonds. The smallest absolute Gasteiger partial charge is 0.342 e. The zero-order valence-electron chi connectivity index (χ0n) is 9.51. The monoisotopic (exact) mass is 238 g/mol. The highest BCUT2D eigenvalue weighted by molar-refractivity contribution is 5.89. The highest BCUT2D eigenvalue weighted by atomic mass is 16.7. The van der Waals surface area contributed by atoms with Gasteiger partial charge >= 0.3 is 11.9 Å². The molecule has 0 fully saturated rings. The maximum Gasteiger partial charge on any atom is 0.342 e. The molecule has 0 aromatic carbocycles. The van der Waals surface area contributed by atoms with Crippen molar-refractivity contribution in [2.45, 2.75) is 19.8 Å². The Bertz CT molecular complexity index is 389. The normalized spacial score (nSPS) is 9.71. The van der Waals surface area contributed by atoms with E-state index in [1.165, 1.54) is 18.3 Å². The van der Waals surface area contributed by atoms with Crippen molar-refractivity contribution in [3.63, 3.8) is 0 Å². The quantitative estimate of drug-likeness (QED) is 0.610. The summed E-state index contributed by atoms with van der Waals surface area (Å²) in [6.45, 7) is 1.47. The van der Waals surface area contributed by atoms with E-state index in [0.29, 0.717) is 18.7 Å². The van der Waals surface area contributed by atoms with Crippen molar-refractivity contribution in [3.05, 3.63) is 23.9 Å². The second kappa shape index (κ2) is 6.47. The molecule has 1 heterocycles. The lowest BCUT2D eigenvalue weighted by atomic mass is 10.3. The summed E-state index contributed by atoms with van der Waals surface area (Å²) in [4.78, 5) is 26.1. The Balaban J connectivity index is 2.35. The fraction of sp³-hybridized carbons (Fsp3) is 0.364. The fourth-order valence-corrected chi connectivity index (χ4v) is 1.03. The Morgan fingerprint density at radius 3 is 2.71 bits per heavy atom. The van der Waals surface area contributed by atoms with Gasteiger partial charge < -0.3 is 15.2 Å². The summed E-state index contributed by atoms with van der Waals surface area (Å²) < 4.78 is 9.39. The van der Waals surface area contributed by atoms with Crippen LogP contribution in [0.1, 0.15) is 30.1 Å². The maximum atomic E-state index is 11.4. The lowest BCUT2D eigenvalue weighted by Crippen LogP contribution is -2.12. The molecular weight excluding hydrogens is 224 g/mol. The van der Waals surface area contributed by atoms with Gasteiger partial charge in [-0.25, -0.2) is 9.78 Å². The first-order valence-corrected chi connectivity index (χ1v) is 5.17. The molecule has 6 nitrogen and oxygen atoms in total. The Morgan fingerprint density at radius 2 is 2.12 bits per heavy atom. The number of carbonyl (C=O) groups excluding carboxylic acids is 2. The Labute approximate surface area is 98.7 Å². The van der Waals surface area contributed by atoms with E-state index in [1.54, 1.807) is 0 Å². The number of aromatic nitrogens is 1. The van der Waals surface area contributed by atoms with Gasteiger partial charge in [0.2, 0.25) is 6.79 Å². The van der Waals surface area contributed by atoms with Crippen LogP contribution < -0.4 is 5.73 Å². The minimum Gasteiger partial charge on any atom is -0.428 e. The van der Waals surface area contributed by atoms with Crippen LogP contribution in [0.3, 0.4) is 0 Å². The van der Waals surface area contributed by atoms with E-state index < -0.39 is 11.9 Å². The van der Waals surface area contributed by atoms with Crippen molar-refractivity contribution in [2.75, 3.05) is 12.5 Å². The summed E-state index contributed by atoms with van der Waals surface area (Å²) in [5.41, 5.74) is 5.62. The number of hydrogen-bond acceptors (Lipinski definition) is 6. The van der Waals surface area contributed by atoms with E-state index >= 15 is 0 Å². The molecule has 0 saturated heterocycles. The van der Waals surface area contributed by atoms with Gasteiger partial charge in [0.1, 0.15) is 5.82 Å². The number of rotatable bonds is 5. The number of nitrogens with zero attached hydrogens (tertiary/aromatic N) is 1. The zero-order chi connectivity index (χ0) is 12.7.